The lowest BCUT2D eigenvalue weighted by Crippen LogP contribution is -2.10. The second-order valence-electron chi connectivity index (χ2n) is 3.92. The highest BCUT2D eigenvalue weighted by atomic mass is 16.3. The number of hydrogen-bond donors (Lipinski definition) is 3. The van der Waals surface area contributed by atoms with Crippen LogP contribution in [0.3, 0.4) is 0 Å². The van der Waals surface area contributed by atoms with E-state index in [-0.39, 0.29) is 11.4 Å². The summed E-state index contributed by atoms with van der Waals surface area (Å²) in [5, 5.41) is 11.5. The number of nitrogens with zero attached hydrogens (tertiary/aromatic N) is 1. The molecular weight excluding hydrogens is 274 g/mol. The van der Waals surface area contributed by atoms with E-state index in [0.717, 1.165) is 0 Å². The minimum Gasteiger partial charge on any atom is -0.508 e. The summed E-state index contributed by atoms with van der Waals surface area (Å²) in [6.45, 7) is 0. The standard InChI is InChI=1S/C7H6N2O2.C7H7NO2/c8-7(10)5-2-1-3-6(4-5)9-11;8-7(10)5-2-1-3-6(9)4-5/h1-4H,(H2,8,10);1-4,9H,(H2,8,10). The molecule has 7 nitrogen and oxygen atoms in total. The molecule has 0 saturated carbocycles. The maximum Gasteiger partial charge on any atom is 0.248 e. The summed E-state index contributed by atoms with van der Waals surface area (Å²) in [6.07, 6.45) is 0. The zero-order valence-electron chi connectivity index (χ0n) is 10.9. The molecule has 0 atom stereocenters. The van der Waals surface area contributed by atoms with Gasteiger partial charge in [0.05, 0.1) is 0 Å². The van der Waals surface area contributed by atoms with Gasteiger partial charge in [-0.15, -0.1) is 4.91 Å². The van der Waals surface area contributed by atoms with Crippen molar-refractivity contribution in [2.45, 2.75) is 0 Å². The van der Waals surface area contributed by atoms with E-state index in [1.54, 1.807) is 18.2 Å². The second kappa shape index (κ2) is 7.39. The number of carbonyl (C=O) groups excluding carboxylic acids is 2. The smallest absolute Gasteiger partial charge is 0.248 e. The van der Waals surface area contributed by atoms with Crippen molar-refractivity contribution in [2.75, 3.05) is 0 Å². The van der Waals surface area contributed by atoms with E-state index in [4.69, 9.17) is 16.6 Å². The third kappa shape index (κ3) is 5.11. The maximum absolute atomic E-state index is 10.5. The molecule has 0 fully saturated rings. The number of phenols is 1. The van der Waals surface area contributed by atoms with Gasteiger partial charge in [-0.1, -0.05) is 12.1 Å². The van der Waals surface area contributed by atoms with Crippen LogP contribution >= 0.6 is 0 Å². The van der Waals surface area contributed by atoms with Crippen molar-refractivity contribution in [3.05, 3.63) is 64.6 Å². The molecule has 2 amide bonds. The van der Waals surface area contributed by atoms with Crippen LogP contribution in [0.1, 0.15) is 20.7 Å². The predicted octanol–water partition coefficient (Wildman–Crippen LogP) is 1.67. The molecule has 21 heavy (non-hydrogen) atoms. The highest BCUT2D eigenvalue weighted by Gasteiger charge is 2.00. The molecule has 5 N–H and O–H groups in total. The fourth-order valence-electron chi connectivity index (χ4n) is 1.38. The molecular formula is C14H13N3O4. The number of amides is 2. The van der Waals surface area contributed by atoms with Gasteiger partial charge in [0, 0.05) is 11.1 Å². The van der Waals surface area contributed by atoms with Crippen LogP contribution in [0.25, 0.3) is 0 Å². The SMILES string of the molecule is NC(=O)c1cccc(N=O)c1.NC(=O)c1cccc(O)c1. The van der Waals surface area contributed by atoms with Gasteiger partial charge < -0.3 is 16.6 Å². The lowest BCUT2D eigenvalue weighted by atomic mass is 10.2. The Morgan fingerprint density at radius 1 is 0.905 bits per heavy atom. The molecule has 0 aliphatic heterocycles. The fourth-order valence-corrected chi connectivity index (χ4v) is 1.38. The number of hydrogen-bond acceptors (Lipinski definition) is 5. The number of carbonyl (C=O) groups is 2. The molecule has 0 saturated heterocycles. The van der Waals surface area contributed by atoms with E-state index >= 15 is 0 Å². The van der Waals surface area contributed by atoms with Gasteiger partial charge in [0.25, 0.3) is 0 Å². The first-order chi connectivity index (χ1) is 9.93. The topological polar surface area (TPSA) is 136 Å². The molecule has 0 aromatic heterocycles. The van der Waals surface area contributed by atoms with Gasteiger partial charge in [-0.25, -0.2) is 0 Å². The first-order valence-electron chi connectivity index (χ1n) is 5.76. The van der Waals surface area contributed by atoms with Crippen molar-refractivity contribution >= 4 is 17.5 Å². The highest BCUT2D eigenvalue weighted by molar-refractivity contribution is 5.93. The molecule has 2 aromatic rings. The largest absolute Gasteiger partial charge is 0.508 e. The number of benzene rings is 2. The minimum atomic E-state index is -0.560. The molecule has 0 aliphatic rings. The van der Waals surface area contributed by atoms with Crippen LogP contribution in [0.4, 0.5) is 5.69 Å². The molecule has 0 spiro atoms. The van der Waals surface area contributed by atoms with Crippen molar-refractivity contribution in [1.29, 1.82) is 0 Å². The summed E-state index contributed by atoms with van der Waals surface area (Å²) in [7, 11) is 0. The Hall–Kier alpha value is -3.22. The molecule has 2 rings (SSSR count). The molecule has 0 bridgehead atoms. The highest BCUT2D eigenvalue weighted by Crippen LogP contribution is 2.12. The summed E-state index contributed by atoms with van der Waals surface area (Å²) in [5.41, 5.74) is 10.7. The average Bonchev–Trinajstić information content (AvgIpc) is 2.48. The monoisotopic (exact) mass is 287 g/mol. The molecule has 0 unspecified atom stereocenters. The quantitative estimate of drug-likeness (QED) is 0.739. The van der Waals surface area contributed by atoms with Crippen molar-refractivity contribution in [2.24, 2.45) is 16.6 Å². The number of aromatic hydroxyl groups is 1. The predicted molar refractivity (Wildman–Crippen MR) is 77.0 cm³/mol. The van der Waals surface area contributed by atoms with Crippen LogP contribution in [0.15, 0.2) is 53.7 Å². The van der Waals surface area contributed by atoms with Crippen molar-refractivity contribution in [3.63, 3.8) is 0 Å². The van der Waals surface area contributed by atoms with Gasteiger partial charge in [-0.05, 0) is 41.6 Å². The third-order valence-electron chi connectivity index (χ3n) is 2.37. The zero-order chi connectivity index (χ0) is 15.8. The molecule has 0 radical (unpaired) electrons. The molecule has 2 aromatic carbocycles. The normalized spacial score (nSPS) is 9.14. The molecule has 7 heteroatoms. The number of rotatable bonds is 3. The summed E-state index contributed by atoms with van der Waals surface area (Å²) < 4.78 is 0. The first kappa shape index (κ1) is 15.8. The van der Waals surface area contributed by atoms with Gasteiger partial charge in [-0.2, -0.15) is 0 Å². The number of phenolic OH excluding ortho intramolecular Hbond substituents is 1. The van der Waals surface area contributed by atoms with Gasteiger partial charge in [0.15, 0.2) is 0 Å². The Balaban J connectivity index is 0.000000211. The molecule has 108 valence electrons. The van der Waals surface area contributed by atoms with Crippen LogP contribution in [0, 0.1) is 4.91 Å². The number of primary amides is 2. The number of nitroso groups, excluding NO2 is 1. The van der Waals surface area contributed by atoms with Crippen LogP contribution in [-0.4, -0.2) is 16.9 Å². The van der Waals surface area contributed by atoms with Gasteiger partial charge in [-0.3, -0.25) is 9.59 Å². The van der Waals surface area contributed by atoms with Crippen LogP contribution in [0.5, 0.6) is 5.75 Å². The van der Waals surface area contributed by atoms with Gasteiger partial charge in [0.1, 0.15) is 11.4 Å². The summed E-state index contributed by atoms with van der Waals surface area (Å²) in [6, 6.07) is 11.8. The average molecular weight is 287 g/mol. The maximum atomic E-state index is 10.5. The lowest BCUT2D eigenvalue weighted by Gasteiger charge is -1.93. The van der Waals surface area contributed by atoms with E-state index in [9.17, 15) is 14.5 Å². The summed E-state index contributed by atoms with van der Waals surface area (Å²) in [4.78, 5) is 31.0. The van der Waals surface area contributed by atoms with Crippen LogP contribution in [0.2, 0.25) is 0 Å². The van der Waals surface area contributed by atoms with Crippen molar-refractivity contribution in [3.8, 4) is 5.75 Å². The van der Waals surface area contributed by atoms with Crippen LogP contribution < -0.4 is 11.5 Å². The van der Waals surface area contributed by atoms with E-state index < -0.39 is 11.8 Å². The van der Waals surface area contributed by atoms with Crippen molar-refractivity contribution < 1.29 is 14.7 Å². The minimum absolute atomic E-state index is 0.0521. The van der Waals surface area contributed by atoms with Gasteiger partial charge in [0.2, 0.25) is 11.8 Å². The van der Waals surface area contributed by atoms with E-state index in [2.05, 4.69) is 5.18 Å². The van der Waals surface area contributed by atoms with Gasteiger partial charge >= 0.3 is 0 Å². The summed E-state index contributed by atoms with van der Waals surface area (Å²) >= 11 is 0. The Morgan fingerprint density at radius 2 is 1.43 bits per heavy atom. The van der Waals surface area contributed by atoms with E-state index in [1.165, 1.54) is 30.3 Å². The van der Waals surface area contributed by atoms with E-state index in [0.29, 0.717) is 11.1 Å². The number of nitrogens with two attached hydrogens (primary N) is 2. The Morgan fingerprint density at radius 3 is 1.86 bits per heavy atom. The first-order valence-corrected chi connectivity index (χ1v) is 5.76. The molecule has 0 heterocycles. The Kier molecular flexibility index (Phi) is 5.57. The Labute approximate surface area is 120 Å². The Bertz CT molecular complexity index is 671. The van der Waals surface area contributed by atoms with Crippen LogP contribution in [-0.2, 0) is 0 Å². The van der Waals surface area contributed by atoms with Crippen molar-refractivity contribution in [1.82, 2.24) is 0 Å². The fraction of sp³-hybridized carbons (Fsp3) is 0. The zero-order valence-corrected chi connectivity index (χ0v) is 10.9. The second-order valence-corrected chi connectivity index (χ2v) is 3.92. The third-order valence-corrected chi connectivity index (χ3v) is 2.37. The molecule has 0 aliphatic carbocycles. The van der Waals surface area contributed by atoms with E-state index in [1.807, 2.05) is 0 Å². The summed E-state index contributed by atoms with van der Waals surface area (Å²) in [5.74, 6) is -1.04. The lowest BCUT2D eigenvalue weighted by molar-refractivity contribution is 0.0991.